The van der Waals surface area contributed by atoms with Gasteiger partial charge in [-0.3, -0.25) is 0 Å². The van der Waals surface area contributed by atoms with Crippen molar-refractivity contribution in [2.45, 2.75) is 50.5 Å². The van der Waals surface area contributed by atoms with Crippen LogP contribution < -0.4 is 4.74 Å². The molecular weight excluding hydrogens is 336 g/mol. The molecule has 2 N–H and O–H groups in total. The van der Waals surface area contributed by atoms with E-state index in [1.54, 1.807) is 19.3 Å². The summed E-state index contributed by atoms with van der Waals surface area (Å²) in [5, 5.41) is 20.5. The maximum Gasteiger partial charge on any atom is 0.163 e. The fourth-order valence-corrected chi connectivity index (χ4v) is 3.15. The number of methoxy groups -OCH3 is 1. The maximum absolute atomic E-state index is 10.3. The van der Waals surface area contributed by atoms with Gasteiger partial charge in [-0.1, -0.05) is 30.4 Å². The van der Waals surface area contributed by atoms with E-state index in [4.69, 9.17) is 18.9 Å². The van der Waals surface area contributed by atoms with Crippen LogP contribution in [0, 0.1) is 0 Å². The minimum Gasteiger partial charge on any atom is -0.496 e. The first kappa shape index (κ1) is 18.9. The molecule has 1 aromatic carbocycles. The Hall–Kier alpha value is -1.86. The number of aliphatic hydroxyl groups is 2. The molecule has 2 heterocycles. The molecule has 1 fully saturated rings. The van der Waals surface area contributed by atoms with Gasteiger partial charge in [-0.2, -0.15) is 0 Å². The molecule has 2 aliphatic rings. The molecule has 1 aromatic rings. The van der Waals surface area contributed by atoms with Crippen molar-refractivity contribution >= 4 is 6.08 Å². The Labute approximate surface area is 153 Å². The highest BCUT2D eigenvalue weighted by Gasteiger charge is 2.43. The van der Waals surface area contributed by atoms with Gasteiger partial charge >= 0.3 is 0 Å². The molecule has 6 heteroatoms. The summed E-state index contributed by atoms with van der Waals surface area (Å²) in [5.74, 6) is 0.616. The van der Waals surface area contributed by atoms with Crippen LogP contribution in [0.25, 0.3) is 6.08 Å². The Kier molecular flexibility index (Phi) is 5.67. The minimum absolute atomic E-state index is 0.274. The molecule has 1 saturated heterocycles. The topological polar surface area (TPSA) is 77.4 Å². The molecule has 0 radical (unpaired) electrons. The Bertz CT molecular complexity index is 681. The second kappa shape index (κ2) is 7.80. The zero-order valence-electron chi connectivity index (χ0n) is 15.3. The van der Waals surface area contributed by atoms with Gasteiger partial charge in [0.1, 0.15) is 18.0 Å². The van der Waals surface area contributed by atoms with Crippen LogP contribution in [0.3, 0.4) is 0 Å². The summed E-state index contributed by atoms with van der Waals surface area (Å²) in [5.41, 5.74) is 0.881. The van der Waals surface area contributed by atoms with Crippen LogP contribution in [0.2, 0.25) is 0 Å². The van der Waals surface area contributed by atoms with E-state index in [2.05, 4.69) is 0 Å². The molecule has 2 aliphatic heterocycles. The minimum atomic E-state index is -0.780. The number of hydrogen-bond acceptors (Lipinski definition) is 6. The van der Waals surface area contributed by atoms with E-state index in [9.17, 15) is 10.2 Å². The predicted molar refractivity (Wildman–Crippen MR) is 96.5 cm³/mol. The van der Waals surface area contributed by atoms with E-state index >= 15 is 0 Å². The lowest BCUT2D eigenvalue weighted by molar-refractivity contribution is -0.157. The summed E-state index contributed by atoms with van der Waals surface area (Å²) < 4.78 is 22.4. The van der Waals surface area contributed by atoms with Gasteiger partial charge in [0.15, 0.2) is 11.9 Å². The maximum atomic E-state index is 10.3. The van der Waals surface area contributed by atoms with E-state index in [1.807, 2.05) is 44.2 Å². The van der Waals surface area contributed by atoms with Gasteiger partial charge in [0, 0.05) is 12.0 Å². The van der Waals surface area contributed by atoms with Gasteiger partial charge in [0.25, 0.3) is 0 Å². The third-order valence-corrected chi connectivity index (χ3v) is 4.42. The first-order valence-corrected chi connectivity index (χ1v) is 8.74. The van der Waals surface area contributed by atoms with Crippen molar-refractivity contribution in [2.24, 2.45) is 0 Å². The summed E-state index contributed by atoms with van der Waals surface area (Å²) in [4.78, 5) is 0. The molecular formula is C20H26O6. The average molecular weight is 362 g/mol. The quantitative estimate of drug-likeness (QED) is 0.808. The Morgan fingerprint density at radius 1 is 1.35 bits per heavy atom. The lowest BCUT2D eigenvalue weighted by atomic mass is 10.1. The van der Waals surface area contributed by atoms with Crippen molar-refractivity contribution < 1.29 is 29.2 Å². The van der Waals surface area contributed by atoms with Gasteiger partial charge in [0.05, 0.1) is 25.6 Å². The summed E-state index contributed by atoms with van der Waals surface area (Å²) in [6.07, 6.45) is 3.01. The first-order valence-electron chi connectivity index (χ1n) is 8.74. The molecule has 0 saturated carbocycles. The molecule has 0 amide bonds. The van der Waals surface area contributed by atoms with Crippen LogP contribution in [-0.4, -0.2) is 54.1 Å². The van der Waals surface area contributed by atoms with E-state index < -0.39 is 24.1 Å². The fourth-order valence-electron chi connectivity index (χ4n) is 3.15. The van der Waals surface area contributed by atoms with Crippen LogP contribution >= 0.6 is 0 Å². The van der Waals surface area contributed by atoms with Crippen LogP contribution in [0.5, 0.6) is 5.75 Å². The first-order chi connectivity index (χ1) is 12.4. The van der Waals surface area contributed by atoms with Gasteiger partial charge < -0.3 is 29.2 Å². The van der Waals surface area contributed by atoms with Crippen LogP contribution in [0.1, 0.15) is 25.8 Å². The number of para-hydroxylation sites is 1. The molecule has 26 heavy (non-hydrogen) atoms. The summed E-state index contributed by atoms with van der Waals surface area (Å²) in [6, 6.07) is 7.57. The second-order valence-corrected chi connectivity index (χ2v) is 6.95. The monoisotopic (exact) mass is 362 g/mol. The van der Waals surface area contributed by atoms with E-state index in [0.717, 1.165) is 11.3 Å². The average Bonchev–Trinajstić information content (AvgIpc) is 3.14. The summed E-state index contributed by atoms with van der Waals surface area (Å²) in [7, 11) is 1.61. The van der Waals surface area contributed by atoms with Crippen molar-refractivity contribution in [3.8, 4) is 5.75 Å². The van der Waals surface area contributed by atoms with Crippen LogP contribution in [-0.2, 0) is 14.2 Å². The third kappa shape index (κ3) is 4.45. The zero-order chi connectivity index (χ0) is 18.7. The number of benzene rings is 1. The van der Waals surface area contributed by atoms with Crippen molar-refractivity contribution in [1.82, 2.24) is 0 Å². The van der Waals surface area contributed by atoms with Gasteiger partial charge in [-0.25, -0.2) is 0 Å². The molecule has 4 atom stereocenters. The van der Waals surface area contributed by atoms with Crippen LogP contribution in [0.4, 0.5) is 0 Å². The lowest BCUT2D eigenvalue weighted by Gasteiger charge is -2.23. The summed E-state index contributed by atoms with van der Waals surface area (Å²) in [6.45, 7) is 4.02. The van der Waals surface area contributed by atoms with Crippen LogP contribution in [0.15, 0.2) is 42.2 Å². The standard InChI is InChI=1S/C20H26O6/c1-20(2)24-12-18(26-20)19-16(22)11-15(25-19)10-14(21)9-8-13-6-4-5-7-17(13)23-3/h4-9,11,14,16,18-19,21-22H,10,12H2,1-3H3/b9-8+/t14?,16-,18-,19+/m1/s1. The van der Waals surface area contributed by atoms with Gasteiger partial charge in [-0.05, 0) is 26.0 Å². The van der Waals surface area contributed by atoms with Crippen molar-refractivity contribution in [3.63, 3.8) is 0 Å². The molecule has 0 spiro atoms. The fraction of sp³-hybridized carbons (Fsp3) is 0.500. The highest BCUT2D eigenvalue weighted by molar-refractivity contribution is 5.57. The Morgan fingerprint density at radius 3 is 2.81 bits per heavy atom. The number of ether oxygens (including phenoxy) is 4. The third-order valence-electron chi connectivity index (χ3n) is 4.42. The number of hydrogen-bond donors (Lipinski definition) is 2. The van der Waals surface area contributed by atoms with Crippen molar-refractivity contribution in [1.29, 1.82) is 0 Å². The highest BCUT2D eigenvalue weighted by atomic mass is 16.8. The van der Waals surface area contributed by atoms with E-state index in [0.29, 0.717) is 12.4 Å². The number of rotatable bonds is 6. The Balaban J connectivity index is 1.56. The molecule has 0 aromatic heterocycles. The largest absolute Gasteiger partial charge is 0.496 e. The molecule has 1 unspecified atom stereocenters. The lowest BCUT2D eigenvalue weighted by Crippen LogP contribution is -2.37. The van der Waals surface area contributed by atoms with Gasteiger partial charge in [-0.15, -0.1) is 0 Å². The van der Waals surface area contributed by atoms with E-state index in [1.165, 1.54) is 0 Å². The molecule has 0 aliphatic carbocycles. The molecule has 3 rings (SSSR count). The molecule has 6 nitrogen and oxygen atoms in total. The van der Waals surface area contributed by atoms with E-state index in [-0.39, 0.29) is 12.5 Å². The van der Waals surface area contributed by atoms with Gasteiger partial charge in [0.2, 0.25) is 0 Å². The second-order valence-electron chi connectivity index (χ2n) is 6.95. The van der Waals surface area contributed by atoms with Crippen molar-refractivity contribution in [2.75, 3.05) is 13.7 Å². The smallest absolute Gasteiger partial charge is 0.163 e. The predicted octanol–water partition coefficient (Wildman–Crippen LogP) is 2.25. The zero-order valence-corrected chi connectivity index (χ0v) is 15.3. The SMILES string of the molecule is COc1ccccc1/C=C/C(O)CC1=C[C@@H](O)[C@@H]([C@H]2COC(C)(C)O2)O1. The molecule has 142 valence electrons. The highest BCUT2D eigenvalue weighted by Crippen LogP contribution is 2.32. The summed E-state index contributed by atoms with van der Waals surface area (Å²) >= 11 is 0. The molecule has 0 bridgehead atoms. The Morgan fingerprint density at radius 2 is 2.12 bits per heavy atom. The normalized spacial score (nSPS) is 28.8. The van der Waals surface area contributed by atoms with Crippen molar-refractivity contribution in [3.05, 3.63) is 47.7 Å². The number of aliphatic hydroxyl groups excluding tert-OH is 2.